The second-order valence-corrected chi connectivity index (χ2v) is 22.1. The number of esters is 2. The number of phosphoric acid groups is 1. The lowest BCUT2D eigenvalue weighted by molar-refractivity contribution is -0.161. The third-order valence-corrected chi connectivity index (χ3v) is 14.9. The second kappa shape index (κ2) is 51.9. The highest BCUT2D eigenvalue weighted by Crippen LogP contribution is 2.43. The Balaban J connectivity index is 4.52. The number of carbonyl (C=O) groups is 4. The summed E-state index contributed by atoms with van der Waals surface area (Å²) in [4.78, 5) is 59.9. The van der Waals surface area contributed by atoms with Crippen LogP contribution in [0.5, 0.6) is 0 Å². The van der Waals surface area contributed by atoms with Gasteiger partial charge in [-0.05, 0) is 12.8 Å². The van der Waals surface area contributed by atoms with Crippen LogP contribution in [0.25, 0.3) is 0 Å². The fraction of sp³-hybridized carbons (Fsp3) is 0.922. The molecular formula is C51H99N2O12PS2. The van der Waals surface area contributed by atoms with Gasteiger partial charge in [0.25, 0.3) is 0 Å². The Hall–Kier alpha value is -1.39. The first-order chi connectivity index (χ1) is 33.1. The van der Waals surface area contributed by atoms with Crippen molar-refractivity contribution in [2.75, 3.05) is 64.2 Å². The molecule has 0 heterocycles. The topological polar surface area (TPSA) is 196 Å². The lowest BCUT2D eigenvalue weighted by atomic mass is 10.0. The number of unbranched alkanes of at least 4 members (excludes halogenated alkanes) is 28. The number of nitrogens with one attached hydrogen (secondary N) is 2. The van der Waals surface area contributed by atoms with Crippen molar-refractivity contribution in [3.05, 3.63) is 0 Å². The smallest absolute Gasteiger partial charge is 0.462 e. The van der Waals surface area contributed by atoms with Crippen molar-refractivity contribution < 1.29 is 57.0 Å². The number of hydrogen-bond acceptors (Lipinski definition) is 13. The summed E-state index contributed by atoms with van der Waals surface area (Å²) in [6.07, 6.45) is 36.5. The van der Waals surface area contributed by atoms with Crippen LogP contribution in [0.15, 0.2) is 0 Å². The molecule has 402 valence electrons. The van der Waals surface area contributed by atoms with E-state index in [0.717, 1.165) is 38.5 Å². The van der Waals surface area contributed by atoms with Crippen molar-refractivity contribution >= 4 is 53.2 Å². The van der Waals surface area contributed by atoms with Gasteiger partial charge in [-0.15, -0.1) is 0 Å². The minimum atomic E-state index is -4.59. The molecule has 2 amide bonds. The van der Waals surface area contributed by atoms with E-state index in [1.165, 1.54) is 163 Å². The Morgan fingerprint density at radius 3 is 1.28 bits per heavy atom. The summed E-state index contributed by atoms with van der Waals surface area (Å²) in [5.41, 5.74) is 0. The zero-order valence-corrected chi connectivity index (χ0v) is 45.5. The lowest BCUT2D eigenvalue weighted by Crippen LogP contribution is -2.30. The summed E-state index contributed by atoms with van der Waals surface area (Å²) >= 11 is 0. The third-order valence-electron chi connectivity index (χ3n) is 11.5. The Kier molecular flexibility index (Phi) is 50.9. The molecule has 4 N–H and O–H groups in total. The van der Waals surface area contributed by atoms with Gasteiger partial charge in [-0.25, -0.2) is 4.57 Å². The number of phosphoric ester groups is 1. The molecule has 17 heteroatoms. The van der Waals surface area contributed by atoms with Crippen LogP contribution in [-0.4, -0.2) is 104 Å². The average molecular weight is 1030 g/mol. The van der Waals surface area contributed by atoms with E-state index in [1.807, 2.05) is 0 Å². The van der Waals surface area contributed by atoms with Crippen molar-refractivity contribution in [3.63, 3.8) is 0 Å². The van der Waals surface area contributed by atoms with Gasteiger partial charge in [0.15, 0.2) is 6.10 Å². The molecule has 0 fully saturated rings. The van der Waals surface area contributed by atoms with Crippen LogP contribution < -0.4 is 10.6 Å². The van der Waals surface area contributed by atoms with Crippen LogP contribution in [0.4, 0.5) is 0 Å². The molecule has 2 unspecified atom stereocenters. The van der Waals surface area contributed by atoms with Gasteiger partial charge in [-0.2, -0.15) is 0 Å². The van der Waals surface area contributed by atoms with Gasteiger partial charge in [0.1, 0.15) is 6.61 Å². The Morgan fingerprint density at radius 2 is 0.868 bits per heavy atom. The van der Waals surface area contributed by atoms with Crippen molar-refractivity contribution in [1.82, 2.24) is 10.6 Å². The van der Waals surface area contributed by atoms with E-state index in [-0.39, 0.29) is 64.0 Å². The molecule has 0 aromatic heterocycles. The molecule has 14 nitrogen and oxygen atoms in total. The highest BCUT2D eigenvalue weighted by Gasteiger charge is 2.26. The molecule has 2 atom stereocenters. The Labute approximate surface area is 421 Å². The second-order valence-electron chi connectivity index (χ2n) is 18.0. The van der Waals surface area contributed by atoms with Gasteiger partial charge >= 0.3 is 19.8 Å². The van der Waals surface area contributed by atoms with Crippen LogP contribution in [0.2, 0.25) is 0 Å². The monoisotopic (exact) mass is 1030 g/mol. The van der Waals surface area contributed by atoms with E-state index >= 15 is 0 Å². The summed E-state index contributed by atoms with van der Waals surface area (Å²) in [6.45, 7) is 4.27. The molecule has 0 bridgehead atoms. The first kappa shape index (κ1) is 66.6. The summed E-state index contributed by atoms with van der Waals surface area (Å²) in [5.74, 6) is -0.166. The zero-order chi connectivity index (χ0) is 49.9. The van der Waals surface area contributed by atoms with Crippen molar-refractivity contribution in [3.8, 4) is 0 Å². The number of carbonyl (C=O) groups excluding carboxylic acids is 4. The van der Waals surface area contributed by atoms with Gasteiger partial charge in [0, 0.05) is 50.3 Å². The van der Waals surface area contributed by atoms with E-state index in [0.29, 0.717) is 43.9 Å². The number of aliphatic hydroxyl groups is 1. The zero-order valence-electron chi connectivity index (χ0n) is 42.9. The predicted molar refractivity (Wildman–Crippen MR) is 280 cm³/mol. The molecule has 0 rings (SSSR count). The van der Waals surface area contributed by atoms with Crippen LogP contribution in [0.3, 0.4) is 0 Å². The SMILES string of the molecule is CCCCCCCCCCCCCCCCCC(=O)OCC(COP(=O)(O)OCCNC(=O)CCSSCCC(=O)NCCOCCO)OC(=O)CCCCCCCCCCCCCCCCC. The molecule has 0 aliphatic rings. The minimum Gasteiger partial charge on any atom is -0.462 e. The summed E-state index contributed by atoms with van der Waals surface area (Å²) in [7, 11) is -1.64. The van der Waals surface area contributed by atoms with E-state index < -0.39 is 32.5 Å². The Bertz CT molecular complexity index is 1220. The van der Waals surface area contributed by atoms with Gasteiger partial charge in [-0.3, -0.25) is 28.2 Å². The van der Waals surface area contributed by atoms with Gasteiger partial charge in [0.2, 0.25) is 11.8 Å². The average Bonchev–Trinajstić information content (AvgIpc) is 3.32. The highest BCUT2D eigenvalue weighted by molar-refractivity contribution is 8.76. The van der Waals surface area contributed by atoms with E-state index in [9.17, 15) is 28.6 Å². The third kappa shape index (κ3) is 51.0. The van der Waals surface area contributed by atoms with Crippen molar-refractivity contribution in [2.45, 2.75) is 238 Å². The number of rotatable bonds is 54. The molecule has 0 spiro atoms. The van der Waals surface area contributed by atoms with E-state index in [1.54, 1.807) is 0 Å². The maximum atomic E-state index is 12.8. The fourth-order valence-corrected chi connectivity index (χ4v) is 10.2. The number of amides is 2. The maximum absolute atomic E-state index is 12.8. The first-order valence-electron chi connectivity index (χ1n) is 27.1. The number of ether oxygens (including phenoxy) is 3. The quantitative estimate of drug-likeness (QED) is 0.0194. The van der Waals surface area contributed by atoms with Crippen molar-refractivity contribution in [2.24, 2.45) is 0 Å². The van der Waals surface area contributed by atoms with Crippen molar-refractivity contribution in [1.29, 1.82) is 0 Å². The molecule has 0 aliphatic carbocycles. The molecule has 0 aliphatic heterocycles. The number of aliphatic hydroxyl groups excluding tert-OH is 1. The van der Waals surface area contributed by atoms with E-state index in [2.05, 4.69) is 24.5 Å². The molecule has 0 radical (unpaired) electrons. The molecule has 0 aromatic rings. The van der Waals surface area contributed by atoms with Gasteiger partial charge < -0.3 is 34.8 Å². The minimum absolute atomic E-state index is 0.0265. The molecular weight excluding hydrogens is 928 g/mol. The van der Waals surface area contributed by atoms with Crippen LogP contribution >= 0.6 is 29.4 Å². The van der Waals surface area contributed by atoms with Gasteiger partial charge in [-0.1, -0.05) is 215 Å². The molecule has 0 saturated heterocycles. The summed E-state index contributed by atoms with van der Waals surface area (Å²) in [5, 5.41) is 14.1. The van der Waals surface area contributed by atoms with E-state index in [4.69, 9.17) is 28.4 Å². The lowest BCUT2D eigenvalue weighted by Gasteiger charge is -2.20. The molecule has 68 heavy (non-hydrogen) atoms. The largest absolute Gasteiger partial charge is 0.472 e. The molecule has 0 saturated carbocycles. The summed E-state index contributed by atoms with van der Waals surface area (Å²) < 4.78 is 39.0. The highest BCUT2D eigenvalue weighted by atomic mass is 33.1. The van der Waals surface area contributed by atoms with Gasteiger partial charge in [0.05, 0.1) is 33.0 Å². The fourth-order valence-electron chi connectivity index (χ4n) is 7.46. The van der Waals surface area contributed by atoms with Crippen LogP contribution in [0.1, 0.15) is 232 Å². The van der Waals surface area contributed by atoms with Crippen LogP contribution in [-0.2, 0) is 47.0 Å². The number of hydrogen-bond donors (Lipinski definition) is 4. The normalized spacial score (nSPS) is 12.7. The first-order valence-corrected chi connectivity index (χ1v) is 31.0. The summed E-state index contributed by atoms with van der Waals surface area (Å²) in [6, 6.07) is 0. The molecule has 0 aromatic carbocycles. The Morgan fingerprint density at radius 1 is 0.485 bits per heavy atom. The predicted octanol–water partition coefficient (Wildman–Crippen LogP) is 12.5. The van der Waals surface area contributed by atoms with Crippen LogP contribution in [0, 0.1) is 0 Å². The standard InChI is InChI=1S/C51H99N2O12PS2/c1-3-5-7-9-11-13-15-17-19-21-23-25-27-29-31-33-50(57)62-45-47(65-51(58)34-32-30-28-26-24-22-20-18-16-14-12-10-8-6-4-2)46-64-66(59,60)63-41-38-53-49(56)36-44-68-67-43-35-48(55)52-37-40-61-42-39-54/h47,54H,3-46H2,1-2H3,(H,52,55)(H,53,56)(H,59,60). The maximum Gasteiger partial charge on any atom is 0.472 e.